The van der Waals surface area contributed by atoms with Gasteiger partial charge in [-0.2, -0.15) is 37.9 Å². The molecule has 1 aliphatic rings. The molecule has 0 atom stereocenters. The zero-order valence-corrected chi connectivity index (χ0v) is 13.7. The standard InChI is InChI=1S/C9H18S6/c10-4-1-7-13-8(2-5-11)15-9(14-7)3-6-12/h7-12H,1-6H2. The van der Waals surface area contributed by atoms with Gasteiger partial charge in [-0.15, -0.1) is 35.3 Å². The first kappa shape index (κ1) is 15.2. The number of rotatable bonds is 6. The maximum absolute atomic E-state index is 4.33. The van der Waals surface area contributed by atoms with Crippen molar-refractivity contribution in [1.29, 1.82) is 0 Å². The number of thioether (sulfide) groups is 3. The van der Waals surface area contributed by atoms with E-state index in [1.807, 2.05) is 0 Å². The van der Waals surface area contributed by atoms with Gasteiger partial charge in [0, 0.05) is 0 Å². The molecule has 0 unspecified atom stereocenters. The quantitative estimate of drug-likeness (QED) is 0.630. The minimum atomic E-state index is 0.735. The molecule has 0 aliphatic carbocycles. The minimum Gasteiger partial charge on any atom is -0.179 e. The van der Waals surface area contributed by atoms with Crippen LogP contribution in [0.25, 0.3) is 0 Å². The van der Waals surface area contributed by atoms with Crippen LogP contribution in [0.5, 0.6) is 0 Å². The molecule has 0 aromatic heterocycles. The second-order valence-electron chi connectivity index (χ2n) is 3.23. The fourth-order valence-corrected chi connectivity index (χ4v) is 9.51. The predicted molar refractivity (Wildman–Crippen MR) is 89.5 cm³/mol. The Morgan fingerprint density at radius 3 is 1.07 bits per heavy atom. The zero-order chi connectivity index (χ0) is 11.1. The Labute approximate surface area is 122 Å². The van der Waals surface area contributed by atoms with Crippen LogP contribution in [0.1, 0.15) is 19.3 Å². The van der Waals surface area contributed by atoms with Crippen molar-refractivity contribution in [2.75, 3.05) is 17.3 Å². The van der Waals surface area contributed by atoms with Crippen molar-refractivity contribution in [3.8, 4) is 0 Å². The van der Waals surface area contributed by atoms with E-state index in [1.54, 1.807) is 0 Å². The molecule has 1 fully saturated rings. The Kier molecular flexibility index (Phi) is 9.18. The third-order valence-corrected chi connectivity index (χ3v) is 8.02. The Bertz CT molecular complexity index is 130. The van der Waals surface area contributed by atoms with Gasteiger partial charge in [0.2, 0.25) is 0 Å². The zero-order valence-electron chi connectivity index (χ0n) is 8.54. The van der Waals surface area contributed by atoms with E-state index in [0.29, 0.717) is 0 Å². The highest BCUT2D eigenvalue weighted by Crippen LogP contribution is 2.50. The molecule has 6 heteroatoms. The summed E-state index contributed by atoms with van der Waals surface area (Å²) in [4.78, 5) is 0. The molecule has 1 rings (SSSR count). The van der Waals surface area contributed by atoms with Gasteiger partial charge in [-0.05, 0) is 36.5 Å². The van der Waals surface area contributed by atoms with Gasteiger partial charge in [0.15, 0.2) is 0 Å². The molecule has 0 N–H and O–H groups in total. The topological polar surface area (TPSA) is 0 Å². The van der Waals surface area contributed by atoms with E-state index >= 15 is 0 Å². The lowest BCUT2D eigenvalue weighted by Crippen LogP contribution is -2.19. The summed E-state index contributed by atoms with van der Waals surface area (Å²) in [6.45, 7) is 0. The summed E-state index contributed by atoms with van der Waals surface area (Å²) in [5.74, 6) is 2.99. The average Bonchev–Trinajstić information content (AvgIpc) is 2.19. The van der Waals surface area contributed by atoms with Gasteiger partial charge in [-0.1, -0.05) is 0 Å². The van der Waals surface area contributed by atoms with E-state index < -0.39 is 0 Å². The van der Waals surface area contributed by atoms with Crippen molar-refractivity contribution in [2.24, 2.45) is 0 Å². The Morgan fingerprint density at radius 2 is 0.867 bits per heavy atom. The van der Waals surface area contributed by atoms with E-state index in [0.717, 1.165) is 31.0 Å². The highest BCUT2D eigenvalue weighted by Gasteiger charge is 2.29. The molecule has 0 saturated carbocycles. The highest BCUT2D eigenvalue weighted by molar-refractivity contribution is 8.33. The molecule has 15 heavy (non-hydrogen) atoms. The summed E-state index contributed by atoms with van der Waals surface area (Å²) in [6, 6.07) is 0. The molecular formula is C9H18S6. The SMILES string of the molecule is SCCC1SC(CCS)SC(CCS)S1. The molecule has 0 amide bonds. The summed E-state index contributed by atoms with van der Waals surface area (Å²) in [6.07, 6.45) is 3.64. The van der Waals surface area contributed by atoms with Gasteiger partial charge < -0.3 is 0 Å². The number of thiol groups is 3. The molecule has 1 saturated heterocycles. The van der Waals surface area contributed by atoms with Crippen molar-refractivity contribution in [3.63, 3.8) is 0 Å². The highest BCUT2D eigenvalue weighted by atomic mass is 32.3. The fraction of sp³-hybridized carbons (Fsp3) is 1.00. The largest absolute Gasteiger partial charge is 0.179 e. The third kappa shape index (κ3) is 6.00. The first-order valence-corrected chi connectivity index (χ1v) is 9.81. The van der Waals surface area contributed by atoms with Gasteiger partial charge in [-0.3, -0.25) is 0 Å². The second kappa shape index (κ2) is 9.09. The van der Waals surface area contributed by atoms with Gasteiger partial charge in [0.1, 0.15) is 0 Å². The molecule has 0 aromatic rings. The van der Waals surface area contributed by atoms with Gasteiger partial charge in [0.25, 0.3) is 0 Å². The van der Waals surface area contributed by atoms with E-state index in [1.165, 1.54) is 19.3 Å². The first-order chi connectivity index (χ1) is 7.30. The van der Waals surface area contributed by atoms with Crippen LogP contribution >= 0.6 is 73.2 Å². The minimum absolute atomic E-state index is 0.735. The molecular weight excluding hydrogens is 301 g/mol. The fourth-order valence-electron chi connectivity index (χ4n) is 1.33. The van der Waals surface area contributed by atoms with Gasteiger partial charge >= 0.3 is 0 Å². The van der Waals surface area contributed by atoms with Crippen LogP contribution in [0.15, 0.2) is 0 Å². The maximum Gasteiger partial charge on any atom is 0.0532 e. The van der Waals surface area contributed by atoms with E-state index in [-0.39, 0.29) is 0 Å². The van der Waals surface area contributed by atoms with Crippen LogP contribution in [0, 0.1) is 0 Å². The van der Waals surface area contributed by atoms with Crippen LogP contribution in [0.4, 0.5) is 0 Å². The van der Waals surface area contributed by atoms with Crippen molar-refractivity contribution in [2.45, 2.75) is 33.0 Å². The Hall–Kier alpha value is 2.10. The molecule has 0 nitrogen and oxygen atoms in total. The molecule has 1 aliphatic heterocycles. The van der Waals surface area contributed by atoms with Crippen LogP contribution in [0.2, 0.25) is 0 Å². The van der Waals surface area contributed by atoms with E-state index in [4.69, 9.17) is 0 Å². The second-order valence-corrected chi connectivity index (χ2v) is 9.70. The number of hydrogen-bond acceptors (Lipinski definition) is 6. The van der Waals surface area contributed by atoms with Crippen molar-refractivity contribution in [1.82, 2.24) is 0 Å². The maximum atomic E-state index is 4.33. The Morgan fingerprint density at radius 1 is 0.600 bits per heavy atom. The monoisotopic (exact) mass is 318 g/mol. The summed E-state index contributed by atoms with van der Waals surface area (Å²) >= 11 is 19.3. The average molecular weight is 319 g/mol. The summed E-state index contributed by atoms with van der Waals surface area (Å²) in [5, 5.41) is 0. The lowest BCUT2D eigenvalue weighted by Gasteiger charge is -2.33. The van der Waals surface area contributed by atoms with Crippen LogP contribution < -0.4 is 0 Å². The van der Waals surface area contributed by atoms with Crippen LogP contribution in [0.3, 0.4) is 0 Å². The normalized spacial score (nSPS) is 31.8. The molecule has 0 spiro atoms. The van der Waals surface area contributed by atoms with Gasteiger partial charge in [0.05, 0.1) is 13.7 Å². The molecule has 0 aromatic carbocycles. The van der Waals surface area contributed by atoms with Crippen molar-refractivity contribution >= 4 is 73.2 Å². The lowest BCUT2D eigenvalue weighted by atomic mass is 10.5. The third-order valence-electron chi connectivity index (χ3n) is 2.01. The summed E-state index contributed by atoms with van der Waals surface area (Å²) in [7, 11) is 0. The van der Waals surface area contributed by atoms with Gasteiger partial charge in [-0.25, -0.2) is 0 Å². The van der Waals surface area contributed by atoms with Crippen LogP contribution in [-0.2, 0) is 0 Å². The molecule has 0 radical (unpaired) electrons. The molecule has 0 bridgehead atoms. The van der Waals surface area contributed by atoms with Crippen LogP contribution in [-0.4, -0.2) is 31.0 Å². The van der Waals surface area contributed by atoms with Crippen molar-refractivity contribution < 1.29 is 0 Å². The van der Waals surface area contributed by atoms with E-state index in [2.05, 4.69) is 73.2 Å². The first-order valence-electron chi connectivity index (χ1n) is 5.09. The lowest BCUT2D eigenvalue weighted by molar-refractivity contribution is 0.996. The van der Waals surface area contributed by atoms with Crippen molar-refractivity contribution in [3.05, 3.63) is 0 Å². The number of hydrogen-bond donors (Lipinski definition) is 3. The smallest absolute Gasteiger partial charge is 0.0532 e. The van der Waals surface area contributed by atoms with E-state index in [9.17, 15) is 0 Å². The summed E-state index contributed by atoms with van der Waals surface area (Å²) in [5.41, 5.74) is 0. The molecule has 90 valence electrons. The predicted octanol–water partition coefficient (Wildman–Crippen LogP) is 4.14. The summed E-state index contributed by atoms with van der Waals surface area (Å²) < 4.78 is 2.20. The molecule has 1 heterocycles. The Balaban J connectivity index is 2.40.